The molecule has 0 saturated heterocycles. The van der Waals surface area contributed by atoms with Crippen LogP contribution in [0.5, 0.6) is 0 Å². The summed E-state index contributed by atoms with van der Waals surface area (Å²) >= 11 is 6.22. The molecule has 0 aliphatic rings. The minimum absolute atomic E-state index is 0.610. The van der Waals surface area contributed by atoms with Crippen molar-refractivity contribution in [1.82, 2.24) is 19.9 Å². The number of hydrogen-bond acceptors (Lipinski definition) is 4. The second kappa shape index (κ2) is 5.94. The summed E-state index contributed by atoms with van der Waals surface area (Å²) in [4.78, 5) is 16.5. The van der Waals surface area contributed by atoms with Gasteiger partial charge >= 0.3 is 0 Å². The first kappa shape index (κ1) is 14.7. The van der Waals surface area contributed by atoms with Gasteiger partial charge in [0.05, 0.1) is 5.39 Å². The molecule has 0 fully saturated rings. The first-order chi connectivity index (χ1) is 11.7. The van der Waals surface area contributed by atoms with E-state index in [2.05, 4.69) is 25.3 Å². The summed E-state index contributed by atoms with van der Waals surface area (Å²) in [5, 5.41) is 4.97. The third-order valence-electron chi connectivity index (χ3n) is 3.77. The molecule has 0 aliphatic heterocycles. The standard InChI is InChI=1S/C18H14ClN5/c1-11-4-5-13(9-15(11)19)22-18-14-6-8-21-17(14)23-16(24-18)12-3-2-7-20-10-12/h2-10H,1H3,(H2,21,22,23,24). The molecule has 0 aliphatic carbocycles. The average molecular weight is 336 g/mol. The molecule has 0 bridgehead atoms. The Bertz CT molecular complexity index is 1010. The number of aromatic nitrogens is 4. The number of H-pyrrole nitrogens is 1. The first-order valence-electron chi connectivity index (χ1n) is 7.49. The van der Waals surface area contributed by atoms with Crippen LogP contribution in [-0.2, 0) is 0 Å². The number of rotatable bonds is 3. The first-order valence-corrected chi connectivity index (χ1v) is 7.87. The summed E-state index contributed by atoms with van der Waals surface area (Å²) in [5.74, 6) is 1.33. The molecule has 0 amide bonds. The number of benzene rings is 1. The molecule has 3 heterocycles. The Hall–Kier alpha value is -2.92. The summed E-state index contributed by atoms with van der Waals surface area (Å²) in [6.45, 7) is 1.97. The van der Waals surface area contributed by atoms with Crippen molar-refractivity contribution in [2.45, 2.75) is 6.92 Å². The largest absolute Gasteiger partial charge is 0.346 e. The van der Waals surface area contributed by atoms with Crippen molar-refractivity contribution in [3.8, 4) is 11.4 Å². The van der Waals surface area contributed by atoms with Crippen molar-refractivity contribution in [2.24, 2.45) is 0 Å². The molecule has 4 rings (SSSR count). The van der Waals surface area contributed by atoms with Crippen molar-refractivity contribution in [1.29, 1.82) is 0 Å². The second-order valence-corrected chi connectivity index (χ2v) is 5.87. The van der Waals surface area contributed by atoms with E-state index in [1.54, 1.807) is 12.4 Å². The molecule has 2 N–H and O–H groups in total. The Morgan fingerprint density at radius 2 is 2.04 bits per heavy atom. The van der Waals surface area contributed by atoms with E-state index in [0.717, 1.165) is 33.7 Å². The van der Waals surface area contributed by atoms with Gasteiger partial charge in [0.25, 0.3) is 0 Å². The van der Waals surface area contributed by atoms with Gasteiger partial charge in [0.2, 0.25) is 0 Å². The van der Waals surface area contributed by atoms with Crippen LogP contribution in [0, 0.1) is 6.92 Å². The molecule has 118 valence electrons. The van der Waals surface area contributed by atoms with E-state index >= 15 is 0 Å². The van der Waals surface area contributed by atoms with Crippen LogP contribution < -0.4 is 5.32 Å². The molecule has 0 saturated carbocycles. The van der Waals surface area contributed by atoms with Gasteiger partial charge in [-0.25, -0.2) is 9.97 Å². The van der Waals surface area contributed by atoms with Crippen LogP contribution in [0.2, 0.25) is 5.02 Å². The van der Waals surface area contributed by atoms with E-state index in [0.29, 0.717) is 10.8 Å². The van der Waals surface area contributed by atoms with E-state index in [4.69, 9.17) is 11.6 Å². The van der Waals surface area contributed by atoms with E-state index in [1.165, 1.54) is 0 Å². The Kier molecular flexibility index (Phi) is 3.63. The Balaban J connectivity index is 1.81. The molecule has 1 aromatic carbocycles. The monoisotopic (exact) mass is 335 g/mol. The minimum atomic E-state index is 0.610. The molecule has 0 unspecified atom stereocenters. The summed E-state index contributed by atoms with van der Waals surface area (Å²) < 4.78 is 0. The maximum Gasteiger partial charge on any atom is 0.165 e. The molecule has 24 heavy (non-hydrogen) atoms. The predicted octanol–water partition coefficient (Wildman–Crippen LogP) is 4.73. The number of nitrogens with one attached hydrogen (secondary N) is 2. The molecule has 6 heteroatoms. The van der Waals surface area contributed by atoms with Gasteiger partial charge < -0.3 is 10.3 Å². The SMILES string of the molecule is Cc1ccc(Nc2nc(-c3cccnc3)nc3[nH]ccc23)cc1Cl. The second-order valence-electron chi connectivity index (χ2n) is 5.47. The Morgan fingerprint density at radius 3 is 2.83 bits per heavy atom. The summed E-state index contributed by atoms with van der Waals surface area (Å²) in [6, 6.07) is 11.6. The number of halogens is 1. The van der Waals surface area contributed by atoms with E-state index in [9.17, 15) is 0 Å². The highest BCUT2D eigenvalue weighted by atomic mass is 35.5. The zero-order chi connectivity index (χ0) is 16.5. The number of aryl methyl sites for hydroxylation is 1. The molecule has 0 atom stereocenters. The van der Waals surface area contributed by atoms with E-state index < -0.39 is 0 Å². The fourth-order valence-corrected chi connectivity index (χ4v) is 2.65. The molecule has 5 nitrogen and oxygen atoms in total. The zero-order valence-electron chi connectivity index (χ0n) is 12.9. The zero-order valence-corrected chi connectivity index (χ0v) is 13.7. The highest BCUT2D eigenvalue weighted by Crippen LogP contribution is 2.28. The fourth-order valence-electron chi connectivity index (χ4n) is 2.47. The van der Waals surface area contributed by atoms with Crippen LogP contribution in [0.15, 0.2) is 55.0 Å². The number of hydrogen-bond donors (Lipinski definition) is 2. The highest BCUT2D eigenvalue weighted by Gasteiger charge is 2.11. The molecule has 3 aromatic heterocycles. The number of nitrogens with zero attached hydrogens (tertiary/aromatic N) is 3. The topological polar surface area (TPSA) is 66.5 Å². The molecule has 0 spiro atoms. The van der Waals surface area contributed by atoms with E-state index in [-0.39, 0.29) is 0 Å². The van der Waals surface area contributed by atoms with Gasteiger partial charge in [0.1, 0.15) is 11.5 Å². The molecule has 0 radical (unpaired) electrons. The van der Waals surface area contributed by atoms with Gasteiger partial charge in [0.15, 0.2) is 5.82 Å². The lowest BCUT2D eigenvalue weighted by Gasteiger charge is -2.10. The van der Waals surface area contributed by atoms with Crippen LogP contribution in [0.1, 0.15) is 5.56 Å². The van der Waals surface area contributed by atoms with Gasteiger partial charge in [-0.3, -0.25) is 4.98 Å². The third kappa shape index (κ3) is 2.70. The average Bonchev–Trinajstić information content (AvgIpc) is 3.08. The Labute approximate surface area is 143 Å². The van der Waals surface area contributed by atoms with Crippen molar-refractivity contribution in [3.05, 3.63) is 65.6 Å². The fraction of sp³-hybridized carbons (Fsp3) is 0.0556. The predicted molar refractivity (Wildman–Crippen MR) is 96.6 cm³/mol. The maximum atomic E-state index is 6.22. The normalized spacial score (nSPS) is 10.9. The maximum absolute atomic E-state index is 6.22. The molecular weight excluding hydrogens is 322 g/mol. The Morgan fingerprint density at radius 1 is 1.12 bits per heavy atom. The summed E-state index contributed by atoms with van der Waals surface area (Å²) in [5.41, 5.74) is 3.54. The van der Waals surface area contributed by atoms with Crippen LogP contribution in [-0.4, -0.2) is 19.9 Å². The molecule has 4 aromatic rings. The van der Waals surface area contributed by atoms with Gasteiger partial charge in [-0.2, -0.15) is 0 Å². The van der Waals surface area contributed by atoms with Crippen molar-refractivity contribution in [3.63, 3.8) is 0 Å². The lowest BCUT2D eigenvalue weighted by Crippen LogP contribution is -1.99. The van der Waals surface area contributed by atoms with Gasteiger partial charge in [-0.05, 0) is 42.8 Å². The van der Waals surface area contributed by atoms with Crippen LogP contribution in [0.4, 0.5) is 11.5 Å². The lowest BCUT2D eigenvalue weighted by atomic mass is 10.2. The van der Waals surface area contributed by atoms with Crippen LogP contribution in [0.25, 0.3) is 22.4 Å². The van der Waals surface area contributed by atoms with Gasteiger partial charge in [0, 0.05) is 34.9 Å². The quantitative estimate of drug-likeness (QED) is 0.568. The van der Waals surface area contributed by atoms with Crippen molar-refractivity contribution in [2.75, 3.05) is 5.32 Å². The van der Waals surface area contributed by atoms with Crippen molar-refractivity contribution < 1.29 is 0 Å². The van der Waals surface area contributed by atoms with Gasteiger partial charge in [-0.1, -0.05) is 17.7 Å². The minimum Gasteiger partial charge on any atom is -0.346 e. The highest BCUT2D eigenvalue weighted by molar-refractivity contribution is 6.31. The summed E-state index contributed by atoms with van der Waals surface area (Å²) in [6.07, 6.45) is 5.32. The van der Waals surface area contributed by atoms with Crippen LogP contribution >= 0.6 is 11.6 Å². The summed E-state index contributed by atoms with van der Waals surface area (Å²) in [7, 11) is 0. The van der Waals surface area contributed by atoms with Crippen LogP contribution in [0.3, 0.4) is 0 Å². The van der Waals surface area contributed by atoms with Crippen molar-refractivity contribution >= 4 is 34.1 Å². The number of fused-ring (bicyclic) bond motifs is 1. The third-order valence-corrected chi connectivity index (χ3v) is 4.18. The molecular formula is C18H14ClN5. The number of pyridine rings is 1. The van der Waals surface area contributed by atoms with E-state index in [1.807, 2.05) is 49.5 Å². The smallest absolute Gasteiger partial charge is 0.165 e. The number of anilines is 2. The lowest BCUT2D eigenvalue weighted by molar-refractivity contribution is 1.19. The number of aromatic amines is 1. The van der Waals surface area contributed by atoms with Gasteiger partial charge in [-0.15, -0.1) is 0 Å².